The lowest BCUT2D eigenvalue weighted by atomic mass is 10.1. The largest absolute Gasteiger partial charge is 0.484 e. The molecule has 0 bridgehead atoms. The van der Waals surface area contributed by atoms with E-state index >= 15 is 0 Å². The van der Waals surface area contributed by atoms with Gasteiger partial charge in [0.2, 0.25) is 0 Å². The molecule has 1 aliphatic carbocycles. The molecule has 3 amide bonds. The molecule has 5 rings (SSSR count). The molecule has 0 radical (unpaired) electrons. The van der Waals surface area contributed by atoms with Gasteiger partial charge in [-0.1, -0.05) is 0 Å². The third kappa shape index (κ3) is 5.64. The average molecular weight is 532 g/mol. The maximum atomic E-state index is 14.6. The van der Waals surface area contributed by atoms with Crippen molar-refractivity contribution in [3.05, 3.63) is 41.2 Å². The number of carbonyl (C=O) groups is 3. The van der Waals surface area contributed by atoms with E-state index in [1.807, 2.05) is 6.07 Å². The Bertz CT molecular complexity index is 1270. The van der Waals surface area contributed by atoms with Crippen molar-refractivity contribution in [1.29, 1.82) is 0 Å². The third-order valence-corrected chi connectivity index (χ3v) is 6.81. The van der Waals surface area contributed by atoms with Crippen LogP contribution in [0.15, 0.2) is 24.3 Å². The van der Waals surface area contributed by atoms with E-state index in [4.69, 9.17) is 14.2 Å². The van der Waals surface area contributed by atoms with Crippen molar-refractivity contribution in [2.75, 3.05) is 57.2 Å². The summed E-state index contributed by atoms with van der Waals surface area (Å²) in [6.45, 7) is 1.47. The molecule has 0 spiro atoms. The van der Waals surface area contributed by atoms with Gasteiger partial charge in [0.25, 0.3) is 11.8 Å². The van der Waals surface area contributed by atoms with Gasteiger partial charge in [0.1, 0.15) is 23.5 Å². The Kier molecular flexibility index (Phi) is 7.32. The van der Waals surface area contributed by atoms with Crippen LogP contribution in [0, 0.1) is 11.7 Å². The number of carbonyl (C=O) groups excluding carboxylic acids is 3. The number of amides is 3. The molecule has 11 nitrogen and oxygen atoms in total. The maximum absolute atomic E-state index is 14.6. The van der Waals surface area contributed by atoms with Gasteiger partial charge in [-0.15, -0.1) is 0 Å². The highest BCUT2D eigenvalue weighted by atomic mass is 19.1. The van der Waals surface area contributed by atoms with E-state index in [0.29, 0.717) is 61.8 Å². The number of fused-ring (bicyclic) bond motifs is 2. The highest BCUT2D eigenvalue weighted by molar-refractivity contribution is 5.95. The summed E-state index contributed by atoms with van der Waals surface area (Å²) in [5.74, 6) is 0.927. The number of rotatable bonds is 9. The van der Waals surface area contributed by atoms with Gasteiger partial charge in [-0.05, 0) is 67.6 Å². The van der Waals surface area contributed by atoms with Crippen LogP contribution in [0.25, 0.3) is 0 Å². The predicted molar refractivity (Wildman–Crippen MR) is 139 cm³/mol. The minimum absolute atomic E-state index is 0. The van der Waals surface area contributed by atoms with E-state index in [1.165, 1.54) is 15.9 Å². The van der Waals surface area contributed by atoms with E-state index in [0.717, 1.165) is 5.56 Å². The number of hydrogen-bond donors (Lipinski definition) is 2. The van der Waals surface area contributed by atoms with Gasteiger partial charge in [0.15, 0.2) is 24.8 Å². The van der Waals surface area contributed by atoms with Crippen molar-refractivity contribution >= 4 is 29.5 Å². The number of likely N-dealkylation sites (N-methyl/N-ethyl adjacent to an activating group) is 1. The van der Waals surface area contributed by atoms with Gasteiger partial charge in [0, 0.05) is 23.0 Å². The Morgan fingerprint density at radius 1 is 1.32 bits per heavy atom. The highest BCUT2D eigenvalue weighted by Crippen LogP contribution is 2.33. The van der Waals surface area contributed by atoms with Crippen molar-refractivity contribution in [3.63, 3.8) is 0 Å². The molecule has 2 aliphatic heterocycles. The Labute approximate surface area is 222 Å². The lowest BCUT2D eigenvalue weighted by Gasteiger charge is -2.19. The van der Waals surface area contributed by atoms with Gasteiger partial charge < -0.3 is 29.7 Å². The van der Waals surface area contributed by atoms with Crippen LogP contribution in [0.4, 0.5) is 20.8 Å². The first kappa shape index (κ1) is 25.7. The summed E-state index contributed by atoms with van der Waals surface area (Å²) < 4.78 is 30.9. The SMILES string of the molecule is CN(C)C(=O)COc1cc(F)c2c(c1)CC(CNCCC1CN(c3ccc4c(n3)NC(=O)CO4)C(=O)O1)C2.[HH].[HH]. The van der Waals surface area contributed by atoms with Gasteiger partial charge in [-0.25, -0.2) is 14.2 Å². The molecule has 1 aromatic carbocycles. The first-order valence-corrected chi connectivity index (χ1v) is 12.5. The van der Waals surface area contributed by atoms with E-state index in [1.54, 1.807) is 26.2 Å². The molecule has 3 heterocycles. The molecule has 1 saturated heterocycles. The molecule has 1 aromatic heterocycles. The molecule has 0 saturated carbocycles. The second-order valence-corrected chi connectivity index (χ2v) is 9.86. The van der Waals surface area contributed by atoms with Crippen molar-refractivity contribution in [2.45, 2.75) is 25.4 Å². The van der Waals surface area contributed by atoms with Crippen LogP contribution >= 0.6 is 0 Å². The van der Waals surface area contributed by atoms with Gasteiger partial charge >= 0.3 is 6.09 Å². The van der Waals surface area contributed by atoms with Crippen LogP contribution in [0.2, 0.25) is 0 Å². The molecule has 38 heavy (non-hydrogen) atoms. The summed E-state index contributed by atoms with van der Waals surface area (Å²) in [6, 6.07) is 6.49. The lowest BCUT2D eigenvalue weighted by molar-refractivity contribution is -0.130. The number of halogens is 1. The Hall–Kier alpha value is -3.93. The first-order valence-electron chi connectivity index (χ1n) is 12.5. The number of aromatic nitrogens is 1. The summed E-state index contributed by atoms with van der Waals surface area (Å²) in [5, 5.41) is 6.03. The van der Waals surface area contributed by atoms with Crippen molar-refractivity contribution in [1.82, 2.24) is 15.2 Å². The molecule has 1 fully saturated rings. The lowest BCUT2D eigenvalue weighted by Crippen LogP contribution is -2.30. The molecular weight excluding hydrogens is 497 g/mol. The number of benzene rings is 1. The van der Waals surface area contributed by atoms with Gasteiger partial charge in [-0.2, -0.15) is 0 Å². The summed E-state index contributed by atoms with van der Waals surface area (Å²) in [5.41, 5.74) is 1.60. The summed E-state index contributed by atoms with van der Waals surface area (Å²) in [4.78, 5) is 42.9. The van der Waals surface area contributed by atoms with E-state index < -0.39 is 6.09 Å². The van der Waals surface area contributed by atoms with Crippen LogP contribution in [-0.2, 0) is 27.2 Å². The highest BCUT2D eigenvalue weighted by Gasteiger charge is 2.34. The minimum atomic E-state index is -0.488. The van der Waals surface area contributed by atoms with Crippen LogP contribution in [0.1, 0.15) is 20.4 Å². The van der Waals surface area contributed by atoms with Crippen molar-refractivity contribution < 1.29 is 35.8 Å². The number of ether oxygens (including phenoxy) is 3. The normalized spacial score (nSPS) is 19.8. The zero-order chi connectivity index (χ0) is 26.8. The van der Waals surface area contributed by atoms with Crippen LogP contribution in [-0.4, -0.2) is 80.8 Å². The van der Waals surface area contributed by atoms with Gasteiger partial charge in [-0.3, -0.25) is 14.5 Å². The maximum Gasteiger partial charge on any atom is 0.415 e. The molecular formula is C26H34FN5O6. The second kappa shape index (κ2) is 10.8. The first-order chi connectivity index (χ1) is 18.3. The second-order valence-electron chi connectivity index (χ2n) is 9.86. The third-order valence-electron chi connectivity index (χ3n) is 6.81. The summed E-state index contributed by atoms with van der Waals surface area (Å²) in [7, 11) is 3.28. The monoisotopic (exact) mass is 531 g/mol. The number of nitrogens with zero attached hydrogens (tertiary/aromatic N) is 3. The molecule has 2 N–H and O–H groups in total. The van der Waals surface area contributed by atoms with Gasteiger partial charge in [0.05, 0.1) is 6.54 Å². The molecule has 2 atom stereocenters. The number of cyclic esters (lactones) is 1. The fraction of sp³-hybridized carbons (Fsp3) is 0.462. The van der Waals surface area contributed by atoms with E-state index in [2.05, 4.69) is 15.6 Å². The number of anilines is 2. The Balaban J connectivity index is 0.00000220. The van der Waals surface area contributed by atoms with E-state index in [9.17, 15) is 18.8 Å². The molecule has 2 aromatic rings. The topological polar surface area (TPSA) is 122 Å². The number of nitrogens with one attached hydrogen (secondary N) is 2. The fourth-order valence-corrected chi connectivity index (χ4v) is 4.78. The Morgan fingerprint density at radius 2 is 2.16 bits per heavy atom. The van der Waals surface area contributed by atoms with Crippen LogP contribution < -0.4 is 25.0 Å². The predicted octanol–water partition coefficient (Wildman–Crippen LogP) is 2.23. The zero-order valence-corrected chi connectivity index (χ0v) is 21.3. The van der Waals surface area contributed by atoms with Crippen molar-refractivity contribution in [3.8, 4) is 11.5 Å². The van der Waals surface area contributed by atoms with Crippen LogP contribution in [0.3, 0.4) is 0 Å². The van der Waals surface area contributed by atoms with Crippen molar-refractivity contribution in [2.24, 2.45) is 5.92 Å². The summed E-state index contributed by atoms with van der Waals surface area (Å²) >= 11 is 0. The molecule has 206 valence electrons. The standard InChI is InChI=1S/C26H30FN5O6.2H2/c1-31(2)24(34)14-36-18-9-16-7-15(8-19(16)20(27)10-18)11-28-6-5-17-12-32(26(35)38-17)22-4-3-21-25(29-22)30-23(33)13-37-21;;/h3-4,9-10,15,17,28H,5-8,11-14H2,1-2H3,(H,29,30,33);2*1H. The minimum Gasteiger partial charge on any atom is -0.484 e. The quantitative estimate of drug-likeness (QED) is 0.473. The smallest absolute Gasteiger partial charge is 0.415 e. The molecule has 2 unspecified atom stereocenters. The zero-order valence-electron chi connectivity index (χ0n) is 21.3. The number of hydrogen-bond acceptors (Lipinski definition) is 8. The van der Waals surface area contributed by atoms with E-state index in [-0.39, 0.29) is 51.5 Å². The average Bonchev–Trinajstić information content (AvgIpc) is 3.47. The molecule has 12 heteroatoms. The fourth-order valence-electron chi connectivity index (χ4n) is 4.78. The number of pyridine rings is 1. The Morgan fingerprint density at radius 3 is 2.97 bits per heavy atom. The molecule has 3 aliphatic rings. The van der Waals surface area contributed by atoms with Crippen LogP contribution in [0.5, 0.6) is 11.5 Å². The summed E-state index contributed by atoms with van der Waals surface area (Å²) in [6.07, 6.45) is 1.16.